The molecule has 0 aliphatic heterocycles. The van der Waals surface area contributed by atoms with E-state index in [1.54, 1.807) is 11.3 Å². The highest BCUT2D eigenvalue weighted by Crippen LogP contribution is 2.48. The van der Waals surface area contributed by atoms with Crippen molar-refractivity contribution in [3.63, 3.8) is 0 Å². The van der Waals surface area contributed by atoms with E-state index in [1.807, 2.05) is 6.07 Å². The zero-order chi connectivity index (χ0) is 25.1. The molecule has 1 aromatic heterocycles. The van der Waals surface area contributed by atoms with Gasteiger partial charge in [-0.15, -0.1) is 11.3 Å². The molecule has 182 valence electrons. The van der Waals surface area contributed by atoms with Crippen LogP contribution in [0.4, 0.5) is 17.1 Å². The van der Waals surface area contributed by atoms with Crippen molar-refractivity contribution in [2.45, 2.75) is 71.6 Å². The molecule has 0 saturated heterocycles. The number of hydrogen-bond donors (Lipinski definition) is 0. The van der Waals surface area contributed by atoms with E-state index < -0.39 is 0 Å². The Balaban J connectivity index is 1.79. The fourth-order valence-electron chi connectivity index (χ4n) is 5.34. The average molecular weight is 523 g/mol. The van der Waals surface area contributed by atoms with Gasteiger partial charge in [0.25, 0.3) is 0 Å². The van der Waals surface area contributed by atoms with Crippen LogP contribution in [0.3, 0.4) is 0 Å². The van der Waals surface area contributed by atoms with Crippen molar-refractivity contribution >= 4 is 61.7 Å². The highest BCUT2D eigenvalue weighted by molar-refractivity contribution is 7.17. The van der Waals surface area contributed by atoms with E-state index in [1.165, 1.54) is 39.6 Å². The van der Waals surface area contributed by atoms with Gasteiger partial charge in [0, 0.05) is 21.2 Å². The summed E-state index contributed by atoms with van der Waals surface area (Å²) in [7, 11) is 0. The van der Waals surface area contributed by atoms with Crippen LogP contribution in [0.2, 0.25) is 10.0 Å². The van der Waals surface area contributed by atoms with E-state index >= 15 is 0 Å². The van der Waals surface area contributed by atoms with Gasteiger partial charge in [-0.2, -0.15) is 0 Å². The molecule has 0 spiro atoms. The van der Waals surface area contributed by atoms with Crippen LogP contribution in [0.25, 0.3) is 10.1 Å². The van der Waals surface area contributed by atoms with Crippen LogP contribution < -0.4 is 4.90 Å². The summed E-state index contributed by atoms with van der Waals surface area (Å²) in [6.07, 6.45) is 3.59. The molecule has 0 N–H and O–H groups in total. The first-order valence-electron chi connectivity index (χ1n) is 12.4. The lowest BCUT2D eigenvalue weighted by atomic mass is 9.72. The molecule has 0 amide bonds. The fraction of sp³-hybridized carbons (Fsp3) is 0.355. The minimum atomic E-state index is 0.0678. The van der Waals surface area contributed by atoms with E-state index in [4.69, 9.17) is 23.2 Å². The Hall–Kier alpha value is -2.00. The van der Waals surface area contributed by atoms with Crippen molar-refractivity contribution in [3.8, 4) is 0 Å². The number of aryl methyl sites for hydroxylation is 2. The Kier molecular flexibility index (Phi) is 6.23. The highest BCUT2D eigenvalue weighted by atomic mass is 35.5. The van der Waals surface area contributed by atoms with Crippen molar-refractivity contribution in [3.05, 3.63) is 86.2 Å². The molecule has 1 nitrogen and oxygen atoms in total. The molecule has 1 aliphatic rings. The highest BCUT2D eigenvalue weighted by Gasteiger charge is 2.29. The largest absolute Gasteiger partial charge is 0.307 e. The summed E-state index contributed by atoms with van der Waals surface area (Å²) in [6.45, 7) is 13.6. The van der Waals surface area contributed by atoms with Gasteiger partial charge in [0.15, 0.2) is 0 Å². The SMILES string of the molecule is Cc1cc(Cl)c(Cl)c(N(c2ccc3c(c2)C(C)(C)CCC3)c2csc3ccc(C(C)(C)C)cc23)c1. The number of thiophene rings is 1. The minimum absolute atomic E-state index is 0.0678. The van der Waals surface area contributed by atoms with Crippen molar-refractivity contribution in [1.29, 1.82) is 0 Å². The van der Waals surface area contributed by atoms with Gasteiger partial charge in [-0.1, -0.05) is 70.0 Å². The number of rotatable bonds is 3. The van der Waals surface area contributed by atoms with Gasteiger partial charge in [-0.05, 0) is 95.7 Å². The molecule has 4 heteroatoms. The lowest BCUT2D eigenvalue weighted by Gasteiger charge is -2.35. The number of fused-ring (bicyclic) bond motifs is 2. The zero-order valence-corrected chi connectivity index (χ0v) is 23.8. The molecule has 35 heavy (non-hydrogen) atoms. The fourth-order valence-corrected chi connectivity index (χ4v) is 6.71. The Bertz CT molecular complexity index is 1420. The van der Waals surface area contributed by atoms with E-state index in [9.17, 15) is 0 Å². The second-order valence-corrected chi connectivity index (χ2v) is 13.3. The van der Waals surface area contributed by atoms with Crippen LogP contribution in [0, 0.1) is 6.92 Å². The Morgan fingerprint density at radius 3 is 2.46 bits per heavy atom. The topological polar surface area (TPSA) is 3.24 Å². The summed E-state index contributed by atoms with van der Waals surface area (Å²) >= 11 is 15.3. The standard InChI is InChI=1S/C31H33Cl2NS/c1-19-14-25(32)29(33)26(15-19)34(22-11-9-20-8-7-13-31(5,6)24(20)17-22)27-18-35-28-12-10-21(16-23(27)28)30(2,3)4/h9-12,14-18H,7-8,13H2,1-6H3. The third-order valence-corrected chi connectivity index (χ3v) is 9.13. The normalized spacial score (nSPS) is 15.3. The molecule has 0 radical (unpaired) electrons. The van der Waals surface area contributed by atoms with Crippen molar-refractivity contribution in [2.24, 2.45) is 0 Å². The lowest BCUT2D eigenvalue weighted by molar-refractivity contribution is 0.432. The average Bonchev–Trinajstić information content (AvgIpc) is 3.20. The van der Waals surface area contributed by atoms with Crippen LogP contribution >= 0.6 is 34.5 Å². The van der Waals surface area contributed by atoms with Crippen LogP contribution in [0.1, 0.15) is 69.7 Å². The van der Waals surface area contributed by atoms with E-state index in [0.717, 1.165) is 29.0 Å². The maximum atomic E-state index is 6.91. The summed E-state index contributed by atoms with van der Waals surface area (Å²) in [4.78, 5) is 2.32. The van der Waals surface area contributed by atoms with E-state index in [2.05, 4.69) is 94.3 Å². The monoisotopic (exact) mass is 521 g/mol. The van der Waals surface area contributed by atoms with Crippen LogP contribution in [0.5, 0.6) is 0 Å². The number of benzene rings is 3. The quantitative estimate of drug-likeness (QED) is 0.259. The summed E-state index contributed by atoms with van der Waals surface area (Å²) in [5.74, 6) is 0. The molecule has 1 heterocycles. The molecular formula is C31H33Cl2NS. The molecule has 0 fully saturated rings. The molecular weight excluding hydrogens is 489 g/mol. The van der Waals surface area contributed by atoms with Gasteiger partial charge in [-0.3, -0.25) is 0 Å². The summed E-state index contributed by atoms with van der Waals surface area (Å²) in [5, 5.41) is 4.67. The van der Waals surface area contributed by atoms with Crippen molar-refractivity contribution in [2.75, 3.05) is 4.90 Å². The predicted molar refractivity (Wildman–Crippen MR) is 156 cm³/mol. The molecule has 5 rings (SSSR count). The summed E-state index contributed by atoms with van der Waals surface area (Å²) in [5.41, 5.74) is 8.73. The maximum Gasteiger partial charge on any atom is 0.0833 e. The van der Waals surface area contributed by atoms with Gasteiger partial charge >= 0.3 is 0 Å². The summed E-state index contributed by atoms with van der Waals surface area (Å²) in [6, 6.07) is 17.9. The molecule has 0 unspecified atom stereocenters. The molecule has 3 aromatic carbocycles. The molecule has 0 bridgehead atoms. The van der Waals surface area contributed by atoms with Crippen molar-refractivity contribution < 1.29 is 0 Å². The van der Waals surface area contributed by atoms with Crippen molar-refractivity contribution in [1.82, 2.24) is 0 Å². The van der Waals surface area contributed by atoms with Gasteiger partial charge in [-0.25, -0.2) is 0 Å². The Morgan fingerprint density at radius 1 is 0.943 bits per heavy atom. The number of anilines is 3. The van der Waals surface area contributed by atoms with Gasteiger partial charge < -0.3 is 4.90 Å². The van der Waals surface area contributed by atoms with Crippen LogP contribution in [0.15, 0.2) is 53.9 Å². The molecule has 0 saturated carbocycles. The zero-order valence-electron chi connectivity index (χ0n) is 21.4. The number of nitrogens with zero attached hydrogens (tertiary/aromatic N) is 1. The van der Waals surface area contributed by atoms with E-state index in [-0.39, 0.29) is 10.8 Å². The number of hydrogen-bond acceptors (Lipinski definition) is 2. The predicted octanol–water partition coefficient (Wildman–Crippen LogP) is 10.9. The first-order valence-corrected chi connectivity index (χ1v) is 14.0. The minimum Gasteiger partial charge on any atom is -0.307 e. The first kappa shape index (κ1) is 24.7. The van der Waals surface area contributed by atoms with Gasteiger partial charge in [0.05, 0.1) is 21.4 Å². The Morgan fingerprint density at radius 2 is 1.71 bits per heavy atom. The molecule has 1 aliphatic carbocycles. The first-order chi connectivity index (χ1) is 16.5. The second-order valence-electron chi connectivity index (χ2n) is 11.6. The van der Waals surface area contributed by atoms with Crippen LogP contribution in [-0.2, 0) is 17.3 Å². The Labute approximate surface area is 223 Å². The summed E-state index contributed by atoms with van der Waals surface area (Å²) < 4.78 is 1.27. The second kappa shape index (κ2) is 8.83. The van der Waals surface area contributed by atoms with Gasteiger partial charge in [0.1, 0.15) is 0 Å². The third kappa shape index (κ3) is 4.50. The number of halogens is 2. The van der Waals surface area contributed by atoms with E-state index in [0.29, 0.717) is 10.0 Å². The lowest BCUT2D eigenvalue weighted by Crippen LogP contribution is -2.24. The van der Waals surface area contributed by atoms with Crippen LogP contribution in [-0.4, -0.2) is 0 Å². The van der Waals surface area contributed by atoms with Gasteiger partial charge in [0.2, 0.25) is 0 Å². The third-order valence-electron chi connectivity index (χ3n) is 7.38. The maximum absolute atomic E-state index is 6.91. The smallest absolute Gasteiger partial charge is 0.0833 e. The molecule has 0 atom stereocenters. The molecule has 4 aromatic rings.